The Labute approximate surface area is 160 Å². The van der Waals surface area contributed by atoms with Gasteiger partial charge in [-0.3, -0.25) is 4.79 Å². The second kappa shape index (κ2) is 8.15. The van der Waals surface area contributed by atoms with Crippen LogP contribution in [0.4, 0.5) is 5.69 Å². The summed E-state index contributed by atoms with van der Waals surface area (Å²) in [5, 5.41) is 2.56. The van der Waals surface area contributed by atoms with Gasteiger partial charge in [0, 0.05) is 19.0 Å². The van der Waals surface area contributed by atoms with Crippen molar-refractivity contribution < 1.29 is 26.4 Å². The molecule has 0 aliphatic carbocycles. The van der Waals surface area contributed by atoms with E-state index in [1.54, 1.807) is 6.92 Å². The minimum atomic E-state index is -3.97. The van der Waals surface area contributed by atoms with Crippen molar-refractivity contribution in [1.29, 1.82) is 0 Å². The average Bonchev–Trinajstić information content (AvgIpc) is 2.93. The summed E-state index contributed by atoms with van der Waals surface area (Å²) >= 11 is 0. The number of sulfonamides is 1. The van der Waals surface area contributed by atoms with E-state index < -0.39 is 25.9 Å². The number of sulfone groups is 1. The molecule has 1 aliphatic rings. The molecule has 0 unspecified atom stereocenters. The summed E-state index contributed by atoms with van der Waals surface area (Å²) in [6, 6.07) is 3.26. The van der Waals surface area contributed by atoms with Crippen LogP contribution in [-0.4, -0.2) is 57.7 Å². The van der Waals surface area contributed by atoms with Gasteiger partial charge in [0.05, 0.1) is 29.2 Å². The number of hydrogen-bond acceptors (Lipinski definition) is 6. The third-order valence-electron chi connectivity index (χ3n) is 4.65. The molecule has 27 heavy (non-hydrogen) atoms. The van der Waals surface area contributed by atoms with Crippen LogP contribution in [0, 0.1) is 0 Å². The van der Waals surface area contributed by atoms with Gasteiger partial charge < -0.3 is 10.1 Å². The Morgan fingerprint density at radius 3 is 2.56 bits per heavy atom. The average molecular weight is 419 g/mol. The number of rotatable bonds is 7. The zero-order valence-electron chi connectivity index (χ0n) is 15.9. The summed E-state index contributed by atoms with van der Waals surface area (Å²) in [7, 11) is -5.79. The molecule has 1 N–H and O–H groups in total. The van der Waals surface area contributed by atoms with E-state index in [4.69, 9.17) is 4.74 Å². The van der Waals surface area contributed by atoms with Crippen molar-refractivity contribution in [3.8, 4) is 5.75 Å². The third kappa shape index (κ3) is 4.80. The van der Waals surface area contributed by atoms with E-state index in [0.717, 1.165) is 0 Å². The second-order valence-corrected chi connectivity index (χ2v) is 10.8. The zero-order chi connectivity index (χ0) is 20.4. The molecule has 1 heterocycles. The predicted octanol–water partition coefficient (Wildman–Crippen LogP) is 1.63. The first-order valence-corrected chi connectivity index (χ1v) is 12.0. The van der Waals surface area contributed by atoms with Gasteiger partial charge in [-0.1, -0.05) is 6.92 Å². The highest BCUT2D eigenvalue weighted by atomic mass is 32.2. The van der Waals surface area contributed by atoms with Crippen LogP contribution in [0.2, 0.25) is 0 Å². The summed E-state index contributed by atoms with van der Waals surface area (Å²) in [6.45, 7) is 4.93. The summed E-state index contributed by atoms with van der Waals surface area (Å²) in [5.41, 5.74) is 0.245. The van der Waals surface area contributed by atoms with E-state index in [9.17, 15) is 21.6 Å². The number of hydrogen-bond donors (Lipinski definition) is 1. The normalized spacial score (nSPS) is 20.4. The van der Waals surface area contributed by atoms with Crippen LogP contribution in [0.1, 0.15) is 33.6 Å². The molecule has 1 aliphatic heterocycles. The maximum Gasteiger partial charge on any atom is 0.243 e. The lowest BCUT2D eigenvalue weighted by Gasteiger charge is -2.32. The molecule has 2 rings (SSSR count). The summed E-state index contributed by atoms with van der Waals surface area (Å²) in [6.07, 6.45) is 0.825. The molecule has 1 aromatic carbocycles. The van der Waals surface area contributed by atoms with Gasteiger partial charge in [-0.05, 0) is 38.0 Å². The van der Waals surface area contributed by atoms with Crippen molar-refractivity contribution in [3.05, 3.63) is 18.2 Å². The van der Waals surface area contributed by atoms with E-state index in [0.29, 0.717) is 12.2 Å². The van der Waals surface area contributed by atoms with Crippen molar-refractivity contribution in [2.45, 2.75) is 50.6 Å². The second-order valence-electron chi connectivity index (χ2n) is 6.69. The molecule has 1 saturated heterocycles. The van der Waals surface area contributed by atoms with Crippen molar-refractivity contribution in [2.75, 3.05) is 23.9 Å². The van der Waals surface area contributed by atoms with Crippen molar-refractivity contribution >= 4 is 31.5 Å². The summed E-state index contributed by atoms with van der Waals surface area (Å²) < 4.78 is 56.9. The third-order valence-corrected chi connectivity index (χ3v) is 8.46. The van der Waals surface area contributed by atoms with E-state index in [1.165, 1.54) is 36.5 Å². The van der Waals surface area contributed by atoms with Crippen molar-refractivity contribution in [2.24, 2.45) is 0 Å². The van der Waals surface area contributed by atoms with Gasteiger partial charge in [0.2, 0.25) is 15.9 Å². The summed E-state index contributed by atoms with van der Waals surface area (Å²) in [5.74, 6) is -0.211. The highest BCUT2D eigenvalue weighted by Gasteiger charge is 2.41. The van der Waals surface area contributed by atoms with Crippen LogP contribution in [0.25, 0.3) is 0 Å². The molecular weight excluding hydrogens is 392 g/mol. The molecule has 8 nitrogen and oxygen atoms in total. The molecule has 2 atom stereocenters. The fourth-order valence-electron chi connectivity index (χ4n) is 3.21. The van der Waals surface area contributed by atoms with E-state index in [1.807, 2.05) is 6.92 Å². The molecule has 152 valence electrons. The molecule has 0 spiro atoms. The molecule has 10 heteroatoms. The maximum absolute atomic E-state index is 13.3. The monoisotopic (exact) mass is 418 g/mol. The number of methoxy groups -OCH3 is 1. The van der Waals surface area contributed by atoms with Crippen molar-refractivity contribution in [3.63, 3.8) is 0 Å². The number of nitrogens with one attached hydrogen (secondary N) is 1. The van der Waals surface area contributed by atoms with Gasteiger partial charge in [-0.25, -0.2) is 16.8 Å². The van der Waals surface area contributed by atoms with Gasteiger partial charge in [0.25, 0.3) is 0 Å². The fourth-order valence-corrected chi connectivity index (χ4v) is 6.96. The van der Waals surface area contributed by atoms with E-state index in [2.05, 4.69) is 5.32 Å². The lowest BCUT2D eigenvalue weighted by molar-refractivity contribution is -0.114. The first-order valence-electron chi connectivity index (χ1n) is 8.71. The van der Waals surface area contributed by atoms with E-state index >= 15 is 0 Å². The van der Waals surface area contributed by atoms with Crippen LogP contribution >= 0.6 is 0 Å². The first kappa shape index (κ1) is 21.6. The lowest BCUT2D eigenvalue weighted by atomic mass is 10.2. The van der Waals surface area contributed by atoms with Crippen molar-refractivity contribution in [1.82, 2.24) is 4.31 Å². The minimum absolute atomic E-state index is 0.0140. The highest BCUT2D eigenvalue weighted by molar-refractivity contribution is 7.92. The number of ether oxygens (including phenoxy) is 1. The Hall–Kier alpha value is -1.65. The quantitative estimate of drug-likeness (QED) is 0.721. The number of benzene rings is 1. The number of nitrogens with zero attached hydrogens (tertiary/aromatic N) is 1. The first-order chi connectivity index (χ1) is 12.5. The van der Waals surface area contributed by atoms with Crippen LogP contribution in [0.15, 0.2) is 23.1 Å². The van der Waals surface area contributed by atoms with Gasteiger partial charge in [-0.2, -0.15) is 4.31 Å². The molecule has 0 saturated carbocycles. The van der Waals surface area contributed by atoms with Gasteiger partial charge in [0.15, 0.2) is 9.84 Å². The fraction of sp³-hybridized carbons (Fsp3) is 0.588. The molecular formula is C17H26N2O6S2. The Kier molecular flexibility index (Phi) is 6.54. The van der Waals surface area contributed by atoms with Gasteiger partial charge >= 0.3 is 0 Å². The number of amides is 1. The SMILES string of the molecule is CC[C@@H](C)N([C@H]1CCS(=O)(=O)C1)S(=O)(=O)c1ccc(OC)c(NC(C)=O)c1. The number of anilines is 1. The Morgan fingerprint density at radius 1 is 1.41 bits per heavy atom. The molecule has 1 amide bonds. The van der Waals surface area contributed by atoms with Crippen LogP contribution in [0.3, 0.4) is 0 Å². The van der Waals surface area contributed by atoms with Crippen LogP contribution in [-0.2, 0) is 24.7 Å². The maximum atomic E-state index is 13.3. The predicted molar refractivity (Wildman–Crippen MR) is 103 cm³/mol. The molecule has 0 radical (unpaired) electrons. The molecule has 1 aromatic rings. The van der Waals surface area contributed by atoms with E-state index in [-0.39, 0.29) is 40.5 Å². The Balaban J connectivity index is 2.51. The molecule has 0 aromatic heterocycles. The topological polar surface area (TPSA) is 110 Å². The molecule has 0 bridgehead atoms. The Bertz CT molecular complexity index is 911. The Morgan fingerprint density at radius 2 is 2.07 bits per heavy atom. The lowest BCUT2D eigenvalue weighted by Crippen LogP contribution is -2.46. The largest absolute Gasteiger partial charge is 0.495 e. The minimum Gasteiger partial charge on any atom is -0.495 e. The standard InChI is InChI=1S/C17H26N2O6S2/c1-5-12(2)19(14-8-9-26(21,22)11-14)27(23,24)15-6-7-17(25-4)16(10-15)18-13(3)20/h6-7,10,12,14H,5,8-9,11H2,1-4H3,(H,18,20)/t12-,14+/m1/s1. The summed E-state index contributed by atoms with van der Waals surface area (Å²) in [4.78, 5) is 11.4. The molecule has 1 fully saturated rings. The number of carbonyl (C=O) groups is 1. The van der Waals surface area contributed by atoms with Gasteiger partial charge in [0.1, 0.15) is 5.75 Å². The van der Waals surface area contributed by atoms with Crippen LogP contribution in [0.5, 0.6) is 5.75 Å². The zero-order valence-corrected chi connectivity index (χ0v) is 17.6. The van der Waals surface area contributed by atoms with Crippen LogP contribution < -0.4 is 10.1 Å². The smallest absolute Gasteiger partial charge is 0.243 e. The van der Waals surface area contributed by atoms with Gasteiger partial charge in [-0.15, -0.1) is 0 Å². The number of carbonyl (C=O) groups excluding carboxylic acids is 1. The highest BCUT2D eigenvalue weighted by Crippen LogP contribution is 2.32.